The van der Waals surface area contributed by atoms with Gasteiger partial charge in [0.15, 0.2) is 0 Å². The van der Waals surface area contributed by atoms with Crippen molar-refractivity contribution >= 4 is 5.91 Å². The standard InChI is InChI=1S/C15H22FNO2/c1-4-17(11-15(2,3)19)14(18)10-7-12-5-8-13(16)9-6-12/h5-6,8-9,19H,4,7,10-11H2,1-3H3. The van der Waals surface area contributed by atoms with Gasteiger partial charge in [-0.05, 0) is 44.9 Å². The predicted molar refractivity (Wildman–Crippen MR) is 73.3 cm³/mol. The van der Waals surface area contributed by atoms with Crippen LogP contribution in [0.5, 0.6) is 0 Å². The molecule has 0 aromatic heterocycles. The van der Waals surface area contributed by atoms with Gasteiger partial charge in [0.05, 0.1) is 5.60 Å². The fourth-order valence-corrected chi connectivity index (χ4v) is 1.90. The quantitative estimate of drug-likeness (QED) is 0.859. The zero-order valence-corrected chi connectivity index (χ0v) is 11.8. The summed E-state index contributed by atoms with van der Waals surface area (Å²) in [5.74, 6) is -0.263. The third-order valence-electron chi connectivity index (χ3n) is 2.85. The molecule has 1 aromatic carbocycles. The summed E-state index contributed by atoms with van der Waals surface area (Å²) in [6, 6.07) is 6.17. The lowest BCUT2D eigenvalue weighted by Crippen LogP contribution is -2.42. The fraction of sp³-hybridized carbons (Fsp3) is 0.533. The molecule has 0 aliphatic carbocycles. The second kappa shape index (κ2) is 6.66. The van der Waals surface area contributed by atoms with Crippen molar-refractivity contribution in [2.24, 2.45) is 0 Å². The third-order valence-corrected chi connectivity index (χ3v) is 2.85. The highest BCUT2D eigenvalue weighted by molar-refractivity contribution is 5.76. The van der Waals surface area contributed by atoms with Gasteiger partial charge in [-0.25, -0.2) is 4.39 Å². The number of aliphatic hydroxyl groups is 1. The van der Waals surface area contributed by atoms with Gasteiger partial charge in [-0.15, -0.1) is 0 Å². The van der Waals surface area contributed by atoms with Crippen molar-refractivity contribution in [2.75, 3.05) is 13.1 Å². The minimum absolute atomic E-state index is 0.00829. The van der Waals surface area contributed by atoms with Crippen LogP contribution in [0.2, 0.25) is 0 Å². The molecule has 106 valence electrons. The molecule has 1 N–H and O–H groups in total. The Morgan fingerprint density at radius 1 is 1.32 bits per heavy atom. The Morgan fingerprint density at radius 2 is 1.89 bits per heavy atom. The monoisotopic (exact) mass is 267 g/mol. The molecule has 0 fully saturated rings. The first-order valence-electron chi connectivity index (χ1n) is 6.56. The van der Waals surface area contributed by atoms with Gasteiger partial charge in [0.2, 0.25) is 5.91 Å². The molecule has 3 nitrogen and oxygen atoms in total. The van der Waals surface area contributed by atoms with Crippen LogP contribution in [-0.4, -0.2) is 34.6 Å². The summed E-state index contributed by atoms with van der Waals surface area (Å²) in [4.78, 5) is 13.7. The van der Waals surface area contributed by atoms with Crippen molar-refractivity contribution in [3.05, 3.63) is 35.6 Å². The summed E-state index contributed by atoms with van der Waals surface area (Å²) in [6.45, 7) is 6.16. The third kappa shape index (κ3) is 5.83. The summed E-state index contributed by atoms with van der Waals surface area (Å²) >= 11 is 0. The van der Waals surface area contributed by atoms with Crippen molar-refractivity contribution in [3.63, 3.8) is 0 Å². The largest absolute Gasteiger partial charge is 0.389 e. The molecule has 0 saturated heterocycles. The van der Waals surface area contributed by atoms with E-state index in [0.29, 0.717) is 25.9 Å². The summed E-state index contributed by atoms with van der Waals surface area (Å²) < 4.78 is 12.8. The van der Waals surface area contributed by atoms with Gasteiger partial charge in [0.1, 0.15) is 5.82 Å². The number of hydrogen-bond acceptors (Lipinski definition) is 2. The molecule has 0 unspecified atom stereocenters. The number of aryl methyl sites for hydroxylation is 1. The molecule has 0 saturated carbocycles. The molecular weight excluding hydrogens is 245 g/mol. The number of carbonyl (C=O) groups is 1. The number of hydrogen-bond donors (Lipinski definition) is 1. The van der Waals surface area contributed by atoms with E-state index in [1.807, 2.05) is 6.92 Å². The van der Waals surface area contributed by atoms with Gasteiger partial charge in [0.25, 0.3) is 0 Å². The number of likely N-dealkylation sites (N-methyl/N-ethyl adjacent to an activating group) is 1. The van der Waals surface area contributed by atoms with Crippen LogP contribution in [0.25, 0.3) is 0 Å². The van der Waals surface area contributed by atoms with Crippen molar-refractivity contribution in [1.82, 2.24) is 4.90 Å². The van der Waals surface area contributed by atoms with E-state index in [0.717, 1.165) is 5.56 Å². The Hall–Kier alpha value is -1.42. The van der Waals surface area contributed by atoms with Gasteiger partial charge >= 0.3 is 0 Å². The summed E-state index contributed by atoms with van der Waals surface area (Å²) in [5, 5.41) is 9.75. The van der Waals surface area contributed by atoms with Gasteiger partial charge in [-0.1, -0.05) is 12.1 Å². The Kier molecular flexibility index (Phi) is 5.48. The summed E-state index contributed by atoms with van der Waals surface area (Å²) in [7, 11) is 0. The molecule has 0 radical (unpaired) electrons. The average molecular weight is 267 g/mol. The van der Waals surface area contributed by atoms with E-state index in [1.54, 1.807) is 30.9 Å². The SMILES string of the molecule is CCN(CC(C)(C)O)C(=O)CCc1ccc(F)cc1. The second-order valence-corrected chi connectivity index (χ2v) is 5.35. The van der Waals surface area contributed by atoms with E-state index in [-0.39, 0.29) is 11.7 Å². The minimum atomic E-state index is -0.887. The Bertz CT molecular complexity index is 409. The molecule has 0 spiro atoms. The maximum atomic E-state index is 12.8. The van der Waals surface area contributed by atoms with Crippen LogP contribution >= 0.6 is 0 Å². The molecule has 4 heteroatoms. The van der Waals surface area contributed by atoms with E-state index in [2.05, 4.69) is 0 Å². The van der Waals surface area contributed by atoms with Crippen LogP contribution in [0.4, 0.5) is 4.39 Å². The molecular formula is C15H22FNO2. The van der Waals surface area contributed by atoms with Crippen molar-refractivity contribution in [1.29, 1.82) is 0 Å². The Balaban J connectivity index is 2.51. The highest BCUT2D eigenvalue weighted by Gasteiger charge is 2.20. The lowest BCUT2D eigenvalue weighted by Gasteiger charge is -2.28. The average Bonchev–Trinajstić information content (AvgIpc) is 2.34. The molecule has 1 rings (SSSR count). The number of nitrogens with zero attached hydrogens (tertiary/aromatic N) is 1. The first-order chi connectivity index (χ1) is 8.81. The molecule has 1 amide bonds. The maximum Gasteiger partial charge on any atom is 0.222 e. The normalized spacial score (nSPS) is 11.4. The smallest absolute Gasteiger partial charge is 0.222 e. The summed E-state index contributed by atoms with van der Waals surface area (Å²) in [6.07, 6.45) is 0.955. The molecule has 19 heavy (non-hydrogen) atoms. The van der Waals surface area contributed by atoms with E-state index in [9.17, 15) is 14.3 Å². The Morgan fingerprint density at radius 3 is 2.37 bits per heavy atom. The molecule has 1 aromatic rings. The van der Waals surface area contributed by atoms with E-state index < -0.39 is 5.60 Å². The molecule has 0 heterocycles. The topological polar surface area (TPSA) is 40.5 Å². The molecule has 0 aliphatic heterocycles. The van der Waals surface area contributed by atoms with Crippen molar-refractivity contribution < 1.29 is 14.3 Å². The number of halogens is 1. The van der Waals surface area contributed by atoms with Crippen molar-refractivity contribution in [2.45, 2.75) is 39.2 Å². The van der Waals surface area contributed by atoms with Crippen LogP contribution in [0.15, 0.2) is 24.3 Å². The second-order valence-electron chi connectivity index (χ2n) is 5.35. The lowest BCUT2D eigenvalue weighted by molar-refractivity contribution is -0.133. The van der Waals surface area contributed by atoms with Crippen LogP contribution in [0.1, 0.15) is 32.8 Å². The van der Waals surface area contributed by atoms with Crippen LogP contribution in [0.3, 0.4) is 0 Å². The highest BCUT2D eigenvalue weighted by atomic mass is 19.1. The maximum absolute atomic E-state index is 12.8. The Labute approximate surface area is 114 Å². The zero-order valence-electron chi connectivity index (χ0n) is 11.8. The van der Waals surface area contributed by atoms with Crippen molar-refractivity contribution in [3.8, 4) is 0 Å². The molecule has 0 bridgehead atoms. The predicted octanol–water partition coefficient (Wildman–Crippen LogP) is 2.38. The number of carbonyl (C=O) groups excluding carboxylic acids is 1. The summed E-state index contributed by atoms with van der Waals surface area (Å²) in [5.41, 5.74) is 0.0516. The minimum Gasteiger partial charge on any atom is -0.389 e. The molecule has 0 atom stereocenters. The molecule has 0 aliphatic rings. The van der Waals surface area contributed by atoms with Crippen LogP contribution in [0, 0.1) is 5.82 Å². The zero-order chi connectivity index (χ0) is 14.5. The van der Waals surface area contributed by atoms with E-state index >= 15 is 0 Å². The van der Waals surface area contributed by atoms with Gasteiger partial charge in [0, 0.05) is 19.5 Å². The van der Waals surface area contributed by atoms with Gasteiger partial charge in [-0.3, -0.25) is 4.79 Å². The van der Waals surface area contributed by atoms with Crippen LogP contribution in [-0.2, 0) is 11.2 Å². The fourth-order valence-electron chi connectivity index (χ4n) is 1.90. The first-order valence-corrected chi connectivity index (χ1v) is 6.56. The number of rotatable bonds is 6. The van der Waals surface area contributed by atoms with E-state index in [1.165, 1.54) is 12.1 Å². The first kappa shape index (κ1) is 15.6. The van der Waals surface area contributed by atoms with E-state index in [4.69, 9.17) is 0 Å². The van der Waals surface area contributed by atoms with Gasteiger partial charge < -0.3 is 10.0 Å². The highest BCUT2D eigenvalue weighted by Crippen LogP contribution is 2.10. The lowest BCUT2D eigenvalue weighted by atomic mass is 10.1. The number of benzene rings is 1. The van der Waals surface area contributed by atoms with Gasteiger partial charge in [-0.2, -0.15) is 0 Å². The number of amides is 1. The van der Waals surface area contributed by atoms with Crippen LogP contribution < -0.4 is 0 Å².